The summed E-state index contributed by atoms with van der Waals surface area (Å²) in [6, 6.07) is 5.56. The third kappa shape index (κ3) is 3.96. The van der Waals surface area contributed by atoms with Crippen LogP contribution in [0.25, 0.3) is 28.3 Å². The Balaban J connectivity index is 1.66. The van der Waals surface area contributed by atoms with Gasteiger partial charge >= 0.3 is 5.69 Å². The summed E-state index contributed by atoms with van der Waals surface area (Å²) in [5, 5.41) is 19.8. The van der Waals surface area contributed by atoms with Gasteiger partial charge in [0.2, 0.25) is 0 Å². The van der Waals surface area contributed by atoms with E-state index in [1.54, 1.807) is 44.3 Å². The fourth-order valence-corrected chi connectivity index (χ4v) is 4.53. The summed E-state index contributed by atoms with van der Waals surface area (Å²) in [4.78, 5) is 29.2. The Kier molecular flexibility index (Phi) is 5.87. The molecule has 0 unspecified atom stereocenters. The number of likely N-dealkylation sites (N-methyl/N-ethyl adjacent to an activating group) is 1. The highest BCUT2D eigenvalue weighted by molar-refractivity contribution is 5.74. The van der Waals surface area contributed by atoms with Gasteiger partial charge in [-0.25, -0.2) is 19.7 Å². The number of pyridine rings is 1. The average Bonchev–Trinajstić information content (AvgIpc) is 3.37. The summed E-state index contributed by atoms with van der Waals surface area (Å²) in [5.41, 5.74) is 2.67. The standard InChI is InChI=1S/C23H26N8O3/c1-28(2)13-17(32)14-30-19-11-26-21(18-10-25-20-4-3-15(9-24)12-29(18)20)27-22(19)31(23(30)33)16-5-7-34-8-6-16/h3-4,10-12,16-17,32H,5-8,13-14H2,1-2H3/t17-/m0/s1. The number of aliphatic hydroxyl groups excluding tert-OH is 1. The number of nitriles is 1. The van der Waals surface area contributed by atoms with Crippen molar-refractivity contribution < 1.29 is 9.84 Å². The highest BCUT2D eigenvalue weighted by atomic mass is 16.5. The second kappa shape index (κ2) is 8.98. The number of rotatable bonds is 6. The average molecular weight is 463 g/mol. The van der Waals surface area contributed by atoms with Gasteiger partial charge in [-0.15, -0.1) is 0 Å². The molecule has 0 aromatic carbocycles. The Hall–Kier alpha value is -3.59. The zero-order chi connectivity index (χ0) is 23.8. The number of hydrogen-bond acceptors (Lipinski definition) is 8. The fourth-order valence-electron chi connectivity index (χ4n) is 4.53. The van der Waals surface area contributed by atoms with Gasteiger partial charge in [0.25, 0.3) is 0 Å². The summed E-state index contributed by atoms with van der Waals surface area (Å²) < 4.78 is 10.6. The molecular weight excluding hydrogens is 436 g/mol. The van der Waals surface area contributed by atoms with E-state index in [-0.39, 0.29) is 18.3 Å². The van der Waals surface area contributed by atoms with E-state index in [4.69, 9.17) is 9.72 Å². The predicted molar refractivity (Wildman–Crippen MR) is 124 cm³/mol. The lowest BCUT2D eigenvalue weighted by atomic mass is 10.1. The van der Waals surface area contributed by atoms with Crippen LogP contribution in [0.3, 0.4) is 0 Å². The van der Waals surface area contributed by atoms with Crippen LogP contribution in [0.15, 0.2) is 35.5 Å². The van der Waals surface area contributed by atoms with Gasteiger partial charge in [-0.3, -0.25) is 13.5 Å². The SMILES string of the molecule is CN(C)C[C@H](O)Cn1c(=O)n(C2CCOCC2)c2nc(-c3cnc4ccc(C#N)cn34)ncc21. The molecule has 1 fully saturated rings. The van der Waals surface area contributed by atoms with Crippen molar-refractivity contribution in [1.29, 1.82) is 5.26 Å². The quantitative estimate of drug-likeness (QED) is 0.451. The van der Waals surface area contributed by atoms with Crippen LogP contribution >= 0.6 is 0 Å². The molecule has 4 aromatic rings. The van der Waals surface area contributed by atoms with Gasteiger partial charge < -0.3 is 14.7 Å². The Morgan fingerprint density at radius 1 is 1.26 bits per heavy atom. The maximum absolute atomic E-state index is 13.5. The van der Waals surface area contributed by atoms with Gasteiger partial charge in [-0.2, -0.15) is 5.26 Å². The second-order valence-electron chi connectivity index (χ2n) is 8.83. The number of aromatic nitrogens is 6. The monoisotopic (exact) mass is 462 g/mol. The van der Waals surface area contributed by atoms with E-state index in [1.807, 2.05) is 19.0 Å². The normalized spacial score (nSPS) is 15.9. The Morgan fingerprint density at radius 3 is 2.79 bits per heavy atom. The van der Waals surface area contributed by atoms with E-state index >= 15 is 0 Å². The molecule has 0 spiro atoms. The zero-order valence-corrected chi connectivity index (χ0v) is 19.1. The lowest BCUT2D eigenvalue weighted by Gasteiger charge is -2.23. The molecule has 34 heavy (non-hydrogen) atoms. The molecule has 5 heterocycles. The first-order chi connectivity index (χ1) is 16.5. The van der Waals surface area contributed by atoms with Crippen LogP contribution in [0.2, 0.25) is 0 Å². The maximum Gasteiger partial charge on any atom is 0.330 e. The smallest absolute Gasteiger partial charge is 0.330 e. The van der Waals surface area contributed by atoms with Gasteiger partial charge in [-0.05, 0) is 39.1 Å². The minimum atomic E-state index is -0.718. The minimum absolute atomic E-state index is 0.0499. The maximum atomic E-state index is 13.5. The van der Waals surface area contributed by atoms with Crippen LogP contribution in [-0.4, -0.2) is 78.5 Å². The number of fused-ring (bicyclic) bond motifs is 2. The van der Waals surface area contributed by atoms with Crippen LogP contribution in [0.1, 0.15) is 24.4 Å². The Morgan fingerprint density at radius 2 is 2.06 bits per heavy atom. The molecule has 0 aliphatic carbocycles. The summed E-state index contributed by atoms with van der Waals surface area (Å²) in [5.74, 6) is 0.405. The number of hydrogen-bond donors (Lipinski definition) is 1. The lowest BCUT2D eigenvalue weighted by Crippen LogP contribution is -2.35. The van der Waals surface area contributed by atoms with Gasteiger partial charge in [0.05, 0.1) is 30.6 Å². The van der Waals surface area contributed by atoms with Crippen molar-refractivity contribution in [1.82, 2.24) is 33.4 Å². The molecule has 5 rings (SSSR count). The molecule has 0 bridgehead atoms. The predicted octanol–water partition coefficient (Wildman–Crippen LogP) is 1.05. The molecule has 1 aliphatic rings. The van der Waals surface area contributed by atoms with Crippen molar-refractivity contribution in [2.24, 2.45) is 0 Å². The third-order valence-corrected chi connectivity index (χ3v) is 6.09. The van der Waals surface area contributed by atoms with Gasteiger partial charge in [0.1, 0.15) is 22.9 Å². The molecule has 1 N–H and O–H groups in total. The van der Waals surface area contributed by atoms with Crippen LogP contribution in [0.5, 0.6) is 0 Å². The van der Waals surface area contributed by atoms with E-state index in [0.29, 0.717) is 66.5 Å². The van der Waals surface area contributed by atoms with Crippen molar-refractivity contribution in [3.05, 3.63) is 46.8 Å². The van der Waals surface area contributed by atoms with Gasteiger partial charge in [-0.1, -0.05) is 0 Å². The summed E-state index contributed by atoms with van der Waals surface area (Å²) in [6.45, 7) is 1.73. The third-order valence-electron chi connectivity index (χ3n) is 6.09. The largest absolute Gasteiger partial charge is 0.390 e. The molecule has 11 heteroatoms. The van der Waals surface area contributed by atoms with Gasteiger partial charge in [0, 0.05) is 32.0 Å². The molecule has 0 saturated carbocycles. The Labute approximate surface area is 195 Å². The van der Waals surface area contributed by atoms with E-state index in [1.165, 1.54) is 0 Å². The van der Waals surface area contributed by atoms with Crippen LogP contribution in [-0.2, 0) is 11.3 Å². The summed E-state index contributed by atoms with van der Waals surface area (Å²) in [7, 11) is 3.75. The van der Waals surface area contributed by atoms with Crippen molar-refractivity contribution in [3.8, 4) is 17.6 Å². The van der Waals surface area contributed by atoms with Crippen LogP contribution < -0.4 is 5.69 Å². The van der Waals surface area contributed by atoms with E-state index < -0.39 is 6.10 Å². The lowest BCUT2D eigenvalue weighted by molar-refractivity contribution is 0.0690. The van der Waals surface area contributed by atoms with Crippen molar-refractivity contribution in [2.75, 3.05) is 33.9 Å². The summed E-state index contributed by atoms with van der Waals surface area (Å²) >= 11 is 0. The molecule has 176 valence electrons. The molecule has 1 atom stereocenters. The molecule has 0 radical (unpaired) electrons. The first kappa shape index (κ1) is 22.2. The van der Waals surface area contributed by atoms with E-state index in [9.17, 15) is 15.2 Å². The van der Waals surface area contributed by atoms with Crippen LogP contribution in [0, 0.1) is 11.3 Å². The topological polar surface area (TPSA) is 126 Å². The molecular formula is C23H26N8O3. The molecule has 1 aliphatic heterocycles. The van der Waals surface area contributed by atoms with Crippen molar-refractivity contribution >= 4 is 16.8 Å². The first-order valence-corrected chi connectivity index (χ1v) is 11.2. The minimum Gasteiger partial charge on any atom is -0.390 e. The fraction of sp³-hybridized carbons (Fsp3) is 0.435. The molecule has 1 saturated heterocycles. The first-order valence-electron chi connectivity index (χ1n) is 11.2. The Bertz CT molecular complexity index is 1440. The molecule has 11 nitrogen and oxygen atoms in total. The van der Waals surface area contributed by atoms with Crippen molar-refractivity contribution in [3.63, 3.8) is 0 Å². The van der Waals surface area contributed by atoms with E-state index in [0.717, 1.165) is 0 Å². The molecule has 4 aromatic heterocycles. The highest BCUT2D eigenvalue weighted by Gasteiger charge is 2.26. The number of imidazole rings is 2. The van der Waals surface area contributed by atoms with Crippen molar-refractivity contribution in [2.45, 2.75) is 31.5 Å². The van der Waals surface area contributed by atoms with E-state index in [2.05, 4.69) is 16.0 Å². The number of nitrogens with zero attached hydrogens (tertiary/aromatic N) is 8. The zero-order valence-electron chi connectivity index (χ0n) is 19.1. The molecule has 0 amide bonds. The highest BCUT2D eigenvalue weighted by Crippen LogP contribution is 2.26. The summed E-state index contributed by atoms with van der Waals surface area (Å²) in [6.07, 6.45) is 5.68. The number of ether oxygens (including phenoxy) is 1. The van der Waals surface area contributed by atoms with Crippen LogP contribution in [0.4, 0.5) is 0 Å². The second-order valence-corrected chi connectivity index (χ2v) is 8.83. The number of aliphatic hydroxyl groups is 1. The van der Waals surface area contributed by atoms with Gasteiger partial charge in [0.15, 0.2) is 11.5 Å².